The minimum absolute atomic E-state index is 0.152. The molecule has 32 heavy (non-hydrogen) atoms. The summed E-state index contributed by atoms with van der Waals surface area (Å²) in [4.78, 5) is 22.8. The van der Waals surface area contributed by atoms with E-state index in [1.54, 1.807) is 19.3 Å². The first-order chi connectivity index (χ1) is 15.4. The third kappa shape index (κ3) is 3.74. The van der Waals surface area contributed by atoms with E-state index in [1.165, 1.54) is 4.90 Å². The summed E-state index contributed by atoms with van der Waals surface area (Å²) in [6.07, 6.45) is 4.08. The zero-order valence-electron chi connectivity index (χ0n) is 17.7. The largest absolute Gasteiger partial charge is 0.393 e. The molecule has 2 aromatic heterocycles. The second-order valence-electron chi connectivity index (χ2n) is 8.57. The smallest absolute Gasteiger partial charge is 0.262 e. The second-order valence-corrected chi connectivity index (χ2v) is 8.57. The van der Waals surface area contributed by atoms with Crippen molar-refractivity contribution in [1.82, 2.24) is 20.0 Å². The fourth-order valence-corrected chi connectivity index (χ4v) is 4.39. The number of likely N-dealkylation sites (tertiary alicyclic amines) is 1. The van der Waals surface area contributed by atoms with Gasteiger partial charge in [0.15, 0.2) is 5.76 Å². The highest BCUT2D eigenvalue weighted by atomic mass is 16.5. The number of carbonyl (C=O) groups excluding carboxylic acids is 1. The van der Waals surface area contributed by atoms with Crippen molar-refractivity contribution in [3.05, 3.63) is 48.4 Å². The van der Waals surface area contributed by atoms with Crippen LogP contribution in [-0.2, 0) is 10.4 Å². The van der Waals surface area contributed by atoms with Crippen LogP contribution in [0.15, 0.2) is 47.1 Å². The Balaban J connectivity index is 1.38. The summed E-state index contributed by atoms with van der Waals surface area (Å²) in [6.45, 7) is 0.463. The Kier molecular flexibility index (Phi) is 5.15. The molecular weight excluding hydrogens is 410 g/mol. The van der Waals surface area contributed by atoms with Crippen molar-refractivity contribution in [3.8, 4) is 22.5 Å². The van der Waals surface area contributed by atoms with Crippen LogP contribution < -0.4 is 5.32 Å². The molecule has 1 amide bonds. The summed E-state index contributed by atoms with van der Waals surface area (Å²) < 4.78 is 5.37. The zero-order chi connectivity index (χ0) is 22.3. The van der Waals surface area contributed by atoms with E-state index >= 15 is 0 Å². The van der Waals surface area contributed by atoms with Crippen LogP contribution in [0.25, 0.3) is 22.5 Å². The molecule has 5 rings (SSSR count). The molecular formula is C23H25N5O4. The van der Waals surface area contributed by atoms with Gasteiger partial charge in [-0.05, 0) is 31.4 Å². The third-order valence-electron chi connectivity index (χ3n) is 6.28. The average molecular weight is 435 g/mol. The second kappa shape index (κ2) is 7.99. The van der Waals surface area contributed by atoms with Gasteiger partial charge < -0.3 is 25.0 Å². The predicted octanol–water partition coefficient (Wildman–Crippen LogP) is 2.17. The predicted molar refractivity (Wildman–Crippen MR) is 116 cm³/mol. The summed E-state index contributed by atoms with van der Waals surface area (Å²) in [7, 11) is 1.65. The third-order valence-corrected chi connectivity index (χ3v) is 6.28. The molecule has 2 aliphatic rings. The summed E-state index contributed by atoms with van der Waals surface area (Å²) in [5.41, 5.74) is 1.27. The highest BCUT2D eigenvalue weighted by Crippen LogP contribution is 2.35. The maximum Gasteiger partial charge on any atom is 0.262 e. The normalized spacial score (nSPS) is 25.5. The molecule has 3 aromatic rings. The van der Waals surface area contributed by atoms with Crippen LogP contribution in [0.1, 0.15) is 31.4 Å². The van der Waals surface area contributed by atoms with Crippen LogP contribution in [0.2, 0.25) is 0 Å². The van der Waals surface area contributed by atoms with Crippen LogP contribution in [0.5, 0.6) is 0 Å². The number of nitrogens with one attached hydrogen (secondary N) is 1. The van der Waals surface area contributed by atoms with Gasteiger partial charge in [0.05, 0.1) is 11.8 Å². The Morgan fingerprint density at radius 2 is 2.00 bits per heavy atom. The van der Waals surface area contributed by atoms with Gasteiger partial charge in [0.1, 0.15) is 5.69 Å². The Morgan fingerprint density at radius 3 is 2.72 bits per heavy atom. The number of aliphatic hydroxyl groups is 2. The SMILES string of the molecule is CN1CC[C@@](O)(c2cc(-c3cccc(-c4ccnc(N[C@H]5CC[C@H](O)C5)n4)c3)no2)C1=O. The van der Waals surface area contributed by atoms with E-state index in [-0.39, 0.29) is 30.2 Å². The lowest BCUT2D eigenvalue weighted by molar-refractivity contribution is -0.144. The van der Waals surface area contributed by atoms with Gasteiger partial charge in [0, 0.05) is 49.4 Å². The van der Waals surface area contributed by atoms with Gasteiger partial charge in [-0.3, -0.25) is 4.79 Å². The van der Waals surface area contributed by atoms with E-state index in [4.69, 9.17) is 4.52 Å². The number of anilines is 1. The number of hydrogen-bond acceptors (Lipinski definition) is 8. The van der Waals surface area contributed by atoms with Crippen molar-refractivity contribution in [2.24, 2.45) is 0 Å². The van der Waals surface area contributed by atoms with E-state index in [0.717, 1.165) is 29.7 Å². The summed E-state index contributed by atoms with van der Waals surface area (Å²) in [5.74, 6) is 0.297. The molecule has 1 aliphatic heterocycles. The Bertz CT molecular complexity index is 1150. The van der Waals surface area contributed by atoms with Gasteiger partial charge in [0.2, 0.25) is 11.5 Å². The molecule has 3 N–H and O–H groups in total. The number of likely N-dealkylation sites (N-methyl/N-ethyl adjacent to an activating group) is 1. The minimum Gasteiger partial charge on any atom is -0.393 e. The van der Waals surface area contributed by atoms with Crippen molar-refractivity contribution < 1.29 is 19.5 Å². The number of rotatable bonds is 5. The van der Waals surface area contributed by atoms with E-state index in [9.17, 15) is 15.0 Å². The van der Waals surface area contributed by atoms with Crippen molar-refractivity contribution in [1.29, 1.82) is 0 Å². The minimum atomic E-state index is -1.67. The van der Waals surface area contributed by atoms with Crippen LogP contribution in [0.4, 0.5) is 5.95 Å². The number of nitrogens with zero attached hydrogens (tertiary/aromatic N) is 4. The van der Waals surface area contributed by atoms with Crippen LogP contribution in [0, 0.1) is 0 Å². The maximum absolute atomic E-state index is 12.3. The standard InChI is InChI=1S/C23H25N5O4/c1-28-10-8-23(31,21(28)30)20-13-19(27-32-20)15-4-2-3-14(11-15)18-7-9-24-22(26-18)25-16-5-6-17(29)12-16/h2-4,7,9,11,13,16-17,29,31H,5-6,8,10,12H2,1H3,(H,24,25,26)/t16-,17-,23+/m0/s1. The van der Waals surface area contributed by atoms with Gasteiger partial charge in [-0.2, -0.15) is 0 Å². The lowest BCUT2D eigenvalue weighted by atomic mass is 9.98. The lowest BCUT2D eigenvalue weighted by Gasteiger charge is -2.16. The molecule has 1 aliphatic carbocycles. The molecule has 1 aromatic carbocycles. The quantitative estimate of drug-likeness (QED) is 0.557. The number of hydrogen-bond donors (Lipinski definition) is 3. The van der Waals surface area contributed by atoms with Gasteiger partial charge in [0.25, 0.3) is 5.91 Å². The van der Waals surface area contributed by atoms with Crippen molar-refractivity contribution in [2.75, 3.05) is 18.9 Å². The molecule has 0 unspecified atom stereocenters. The lowest BCUT2D eigenvalue weighted by Crippen LogP contribution is -2.35. The maximum atomic E-state index is 12.3. The number of benzene rings is 1. The van der Waals surface area contributed by atoms with Gasteiger partial charge in [-0.15, -0.1) is 0 Å². The van der Waals surface area contributed by atoms with E-state index < -0.39 is 5.60 Å². The fourth-order valence-electron chi connectivity index (χ4n) is 4.39. The van der Waals surface area contributed by atoms with E-state index in [1.807, 2.05) is 30.3 Å². The Labute approximate surface area is 185 Å². The highest BCUT2D eigenvalue weighted by Gasteiger charge is 2.48. The first kappa shape index (κ1) is 20.6. The number of aliphatic hydroxyl groups excluding tert-OH is 1. The van der Waals surface area contributed by atoms with Crippen molar-refractivity contribution >= 4 is 11.9 Å². The van der Waals surface area contributed by atoms with Gasteiger partial charge in [-0.1, -0.05) is 23.4 Å². The van der Waals surface area contributed by atoms with Crippen molar-refractivity contribution in [2.45, 2.75) is 43.4 Å². The number of amides is 1. The molecule has 3 heterocycles. The first-order valence-corrected chi connectivity index (χ1v) is 10.8. The molecule has 9 nitrogen and oxygen atoms in total. The number of carbonyl (C=O) groups is 1. The molecule has 3 atom stereocenters. The molecule has 2 fully saturated rings. The monoisotopic (exact) mass is 435 g/mol. The Morgan fingerprint density at radius 1 is 1.19 bits per heavy atom. The van der Waals surface area contributed by atoms with Crippen LogP contribution >= 0.6 is 0 Å². The fraction of sp³-hybridized carbons (Fsp3) is 0.391. The topological polar surface area (TPSA) is 125 Å². The summed E-state index contributed by atoms with van der Waals surface area (Å²) in [5, 5.41) is 27.9. The molecule has 1 saturated heterocycles. The molecule has 9 heteroatoms. The molecule has 0 spiro atoms. The highest BCUT2D eigenvalue weighted by molar-refractivity contribution is 5.87. The molecule has 0 bridgehead atoms. The average Bonchev–Trinajstić information content (AvgIpc) is 3.52. The van der Waals surface area contributed by atoms with Crippen molar-refractivity contribution in [3.63, 3.8) is 0 Å². The van der Waals surface area contributed by atoms with Gasteiger partial charge in [-0.25, -0.2) is 9.97 Å². The summed E-state index contributed by atoms with van der Waals surface area (Å²) in [6, 6.07) is 11.3. The Hall–Kier alpha value is -3.30. The first-order valence-electron chi connectivity index (χ1n) is 10.8. The summed E-state index contributed by atoms with van der Waals surface area (Å²) >= 11 is 0. The molecule has 0 radical (unpaired) electrons. The zero-order valence-corrected chi connectivity index (χ0v) is 17.7. The number of aromatic nitrogens is 3. The molecule has 166 valence electrons. The van der Waals surface area contributed by atoms with E-state index in [0.29, 0.717) is 24.6 Å². The van der Waals surface area contributed by atoms with Crippen LogP contribution in [0.3, 0.4) is 0 Å². The van der Waals surface area contributed by atoms with E-state index in [2.05, 4.69) is 20.4 Å². The van der Waals surface area contributed by atoms with Crippen LogP contribution in [-0.4, -0.2) is 61.9 Å². The van der Waals surface area contributed by atoms with Gasteiger partial charge >= 0.3 is 0 Å². The molecule has 1 saturated carbocycles.